The van der Waals surface area contributed by atoms with Gasteiger partial charge in [0.2, 0.25) is 5.91 Å². The maximum Gasteiger partial charge on any atom is 0.352 e. The van der Waals surface area contributed by atoms with Gasteiger partial charge in [0.25, 0.3) is 0 Å². The number of carboxylic acid groups (broad SMARTS) is 1. The lowest BCUT2D eigenvalue weighted by Gasteiger charge is -2.22. The molecule has 1 aromatic rings. The third-order valence-electron chi connectivity index (χ3n) is 2.33. The highest BCUT2D eigenvalue weighted by Gasteiger charge is 2.25. The lowest BCUT2D eigenvalue weighted by molar-refractivity contribution is -0.129. The van der Waals surface area contributed by atoms with Crippen molar-refractivity contribution in [3.63, 3.8) is 0 Å². The van der Waals surface area contributed by atoms with E-state index < -0.39 is 5.97 Å². The van der Waals surface area contributed by atoms with Gasteiger partial charge in [-0.15, -0.1) is 0 Å². The van der Waals surface area contributed by atoms with Gasteiger partial charge in [-0.2, -0.15) is 5.10 Å². The highest BCUT2D eigenvalue weighted by atomic mass is 79.9. The van der Waals surface area contributed by atoms with Gasteiger partial charge in [-0.3, -0.25) is 4.79 Å². The van der Waals surface area contributed by atoms with Crippen molar-refractivity contribution >= 4 is 39.2 Å². The SMILES string of the molecule is O=C(O)C1=NN(c2cccc(Br)c2)C(=O)CC1. The van der Waals surface area contributed by atoms with Crippen LogP contribution in [-0.4, -0.2) is 22.7 Å². The molecule has 0 radical (unpaired) electrons. The summed E-state index contributed by atoms with van der Waals surface area (Å²) in [5.74, 6) is -1.29. The lowest BCUT2D eigenvalue weighted by atomic mass is 10.1. The smallest absolute Gasteiger partial charge is 0.352 e. The van der Waals surface area contributed by atoms with E-state index in [0.29, 0.717) is 5.69 Å². The van der Waals surface area contributed by atoms with E-state index in [4.69, 9.17) is 5.11 Å². The number of rotatable bonds is 2. The van der Waals surface area contributed by atoms with Crippen molar-refractivity contribution in [1.82, 2.24) is 0 Å². The van der Waals surface area contributed by atoms with Crippen LogP contribution in [0.25, 0.3) is 0 Å². The Kier molecular flexibility index (Phi) is 3.23. The molecule has 0 spiro atoms. The van der Waals surface area contributed by atoms with Gasteiger partial charge in [0.1, 0.15) is 5.71 Å². The molecule has 1 heterocycles. The summed E-state index contributed by atoms with van der Waals surface area (Å²) in [5, 5.41) is 13.9. The summed E-state index contributed by atoms with van der Waals surface area (Å²) >= 11 is 3.29. The molecule has 2 rings (SSSR count). The minimum atomic E-state index is -1.09. The molecule has 0 saturated heterocycles. The summed E-state index contributed by atoms with van der Waals surface area (Å²) in [6.45, 7) is 0. The van der Waals surface area contributed by atoms with Crippen molar-refractivity contribution in [2.45, 2.75) is 12.8 Å². The van der Waals surface area contributed by atoms with Crippen molar-refractivity contribution in [2.24, 2.45) is 5.10 Å². The average molecular weight is 297 g/mol. The Morgan fingerprint density at radius 3 is 2.82 bits per heavy atom. The number of anilines is 1. The predicted molar refractivity (Wildman–Crippen MR) is 65.9 cm³/mol. The van der Waals surface area contributed by atoms with Gasteiger partial charge < -0.3 is 5.11 Å². The molecule has 0 bridgehead atoms. The number of carboxylic acids is 1. The Morgan fingerprint density at radius 1 is 1.41 bits per heavy atom. The molecule has 0 aromatic heterocycles. The summed E-state index contributed by atoms with van der Waals surface area (Å²) in [6.07, 6.45) is 0.344. The van der Waals surface area contributed by atoms with E-state index in [0.717, 1.165) is 9.48 Å². The molecule has 1 aromatic carbocycles. The summed E-state index contributed by atoms with van der Waals surface area (Å²) in [6, 6.07) is 7.00. The number of carbonyl (C=O) groups excluding carboxylic acids is 1. The van der Waals surface area contributed by atoms with Gasteiger partial charge >= 0.3 is 5.97 Å². The highest BCUT2D eigenvalue weighted by Crippen LogP contribution is 2.23. The van der Waals surface area contributed by atoms with E-state index >= 15 is 0 Å². The van der Waals surface area contributed by atoms with Crippen molar-refractivity contribution in [3.8, 4) is 0 Å². The van der Waals surface area contributed by atoms with E-state index in [1.807, 2.05) is 6.07 Å². The highest BCUT2D eigenvalue weighted by molar-refractivity contribution is 9.10. The van der Waals surface area contributed by atoms with Crippen LogP contribution in [0, 0.1) is 0 Å². The predicted octanol–water partition coefficient (Wildman–Crippen LogP) is 2.02. The number of carbonyl (C=O) groups is 2. The van der Waals surface area contributed by atoms with E-state index in [9.17, 15) is 9.59 Å². The molecule has 0 saturated carbocycles. The van der Waals surface area contributed by atoms with E-state index in [1.165, 1.54) is 0 Å². The largest absolute Gasteiger partial charge is 0.477 e. The zero-order chi connectivity index (χ0) is 12.4. The second kappa shape index (κ2) is 4.67. The number of benzene rings is 1. The lowest BCUT2D eigenvalue weighted by Crippen LogP contribution is -2.34. The van der Waals surface area contributed by atoms with E-state index in [2.05, 4.69) is 21.0 Å². The number of hydrazone groups is 1. The zero-order valence-electron chi connectivity index (χ0n) is 8.76. The molecule has 1 N–H and O–H groups in total. The first kappa shape index (κ1) is 11.8. The number of aliphatic carboxylic acids is 1. The molecule has 0 fully saturated rings. The van der Waals surface area contributed by atoms with Crippen LogP contribution in [0.5, 0.6) is 0 Å². The monoisotopic (exact) mass is 296 g/mol. The van der Waals surface area contributed by atoms with Crippen molar-refractivity contribution in [2.75, 3.05) is 5.01 Å². The van der Waals surface area contributed by atoms with Gasteiger partial charge in [0.15, 0.2) is 0 Å². The molecule has 6 heteroatoms. The second-order valence-electron chi connectivity index (χ2n) is 3.54. The third-order valence-corrected chi connectivity index (χ3v) is 2.83. The molecular formula is C11H9BrN2O3. The van der Waals surface area contributed by atoms with E-state index in [-0.39, 0.29) is 24.5 Å². The van der Waals surface area contributed by atoms with Crippen LogP contribution in [0.3, 0.4) is 0 Å². The van der Waals surface area contributed by atoms with Gasteiger partial charge in [0, 0.05) is 17.3 Å². The Hall–Kier alpha value is -1.69. The van der Waals surface area contributed by atoms with Gasteiger partial charge in [-0.05, 0) is 18.2 Å². The minimum absolute atomic E-state index is 0.00424. The molecule has 0 atom stereocenters. The molecule has 0 aliphatic carbocycles. The number of hydrogen-bond acceptors (Lipinski definition) is 3. The fourth-order valence-electron chi connectivity index (χ4n) is 1.52. The van der Waals surface area contributed by atoms with Gasteiger partial charge in [0.05, 0.1) is 5.69 Å². The quantitative estimate of drug-likeness (QED) is 0.908. The number of nitrogens with zero attached hydrogens (tertiary/aromatic N) is 2. The Bertz CT molecular complexity index is 513. The van der Waals surface area contributed by atoms with Crippen LogP contribution in [-0.2, 0) is 9.59 Å². The number of amides is 1. The summed E-state index contributed by atoms with van der Waals surface area (Å²) < 4.78 is 0.806. The number of hydrogen-bond donors (Lipinski definition) is 1. The van der Waals surface area contributed by atoms with Crippen LogP contribution >= 0.6 is 15.9 Å². The van der Waals surface area contributed by atoms with Crippen LogP contribution in [0.2, 0.25) is 0 Å². The Labute approximate surface area is 106 Å². The first-order valence-corrected chi connectivity index (χ1v) is 5.76. The first-order chi connectivity index (χ1) is 8.08. The maximum atomic E-state index is 11.7. The van der Waals surface area contributed by atoms with Crippen LogP contribution < -0.4 is 5.01 Å². The normalized spacial score (nSPS) is 15.7. The average Bonchev–Trinajstić information content (AvgIpc) is 2.29. The standard InChI is InChI=1S/C11H9BrN2O3/c12-7-2-1-3-8(6-7)14-10(15)5-4-9(13-14)11(16)17/h1-3,6H,4-5H2,(H,16,17). The molecule has 5 nitrogen and oxygen atoms in total. The van der Waals surface area contributed by atoms with Gasteiger partial charge in [-0.25, -0.2) is 9.80 Å². The molecular weight excluding hydrogens is 288 g/mol. The summed E-state index contributed by atoms with van der Waals surface area (Å²) in [5.41, 5.74) is 0.562. The zero-order valence-corrected chi connectivity index (χ0v) is 10.3. The van der Waals surface area contributed by atoms with Crippen LogP contribution in [0.4, 0.5) is 5.69 Å². The van der Waals surface area contributed by atoms with Crippen LogP contribution in [0.15, 0.2) is 33.8 Å². The topological polar surface area (TPSA) is 70.0 Å². The fourth-order valence-corrected chi connectivity index (χ4v) is 1.90. The van der Waals surface area contributed by atoms with Crippen LogP contribution in [0.1, 0.15) is 12.8 Å². The molecule has 1 aliphatic rings. The van der Waals surface area contributed by atoms with Crippen molar-refractivity contribution in [1.29, 1.82) is 0 Å². The Morgan fingerprint density at radius 2 is 2.18 bits per heavy atom. The second-order valence-corrected chi connectivity index (χ2v) is 4.45. The third kappa shape index (κ3) is 2.52. The molecule has 17 heavy (non-hydrogen) atoms. The molecule has 88 valence electrons. The summed E-state index contributed by atoms with van der Waals surface area (Å²) in [7, 11) is 0. The van der Waals surface area contributed by atoms with E-state index in [1.54, 1.807) is 18.2 Å². The Balaban J connectivity index is 2.39. The molecule has 1 aliphatic heterocycles. The summed E-state index contributed by atoms with van der Waals surface area (Å²) in [4.78, 5) is 22.5. The van der Waals surface area contributed by atoms with Gasteiger partial charge in [-0.1, -0.05) is 22.0 Å². The van der Waals surface area contributed by atoms with Crippen molar-refractivity contribution < 1.29 is 14.7 Å². The fraction of sp³-hybridized carbons (Fsp3) is 0.182. The number of halogens is 1. The minimum Gasteiger partial charge on any atom is -0.477 e. The van der Waals surface area contributed by atoms with Crippen molar-refractivity contribution in [3.05, 3.63) is 28.7 Å². The molecule has 1 amide bonds. The maximum absolute atomic E-state index is 11.7. The first-order valence-electron chi connectivity index (χ1n) is 4.97. The molecule has 0 unspecified atom stereocenters.